The average molecular weight is 398 g/mol. The molecule has 0 fully saturated rings. The molecule has 0 saturated carbocycles. The summed E-state index contributed by atoms with van der Waals surface area (Å²) in [5.74, 6) is -0.0771. The van der Waals surface area contributed by atoms with Crippen molar-refractivity contribution in [2.75, 3.05) is 17.2 Å². The normalized spacial score (nSPS) is 10.2. The van der Waals surface area contributed by atoms with Crippen LogP contribution in [-0.2, 0) is 4.79 Å². The van der Waals surface area contributed by atoms with Gasteiger partial charge in [-0.3, -0.25) is 4.79 Å². The van der Waals surface area contributed by atoms with Crippen molar-refractivity contribution in [1.29, 1.82) is 0 Å². The minimum atomic E-state index is -0.0771. The Balaban J connectivity index is 1.92. The highest BCUT2D eigenvalue weighted by Crippen LogP contribution is 2.23. The second-order valence-corrected chi connectivity index (χ2v) is 6.09. The molecule has 0 aliphatic heterocycles. The fraction of sp³-hybridized carbons (Fsp3) is 0.133. The van der Waals surface area contributed by atoms with E-state index in [1.165, 1.54) is 0 Å². The lowest BCUT2D eigenvalue weighted by Crippen LogP contribution is -2.22. The van der Waals surface area contributed by atoms with E-state index in [0.717, 1.165) is 25.9 Å². The minimum Gasteiger partial charge on any atom is -0.376 e. The molecule has 2 aromatic rings. The quantitative estimate of drug-likeness (QED) is 0.793. The lowest BCUT2D eigenvalue weighted by atomic mass is 10.2. The van der Waals surface area contributed by atoms with Crippen molar-refractivity contribution in [3.05, 3.63) is 57.0 Å². The summed E-state index contributed by atoms with van der Waals surface area (Å²) in [6, 6.07) is 13.4. The number of carbonyl (C=O) groups excluding carboxylic acids is 1. The van der Waals surface area contributed by atoms with Crippen LogP contribution in [-0.4, -0.2) is 12.5 Å². The summed E-state index contributed by atoms with van der Waals surface area (Å²) in [4.78, 5) is 11.9. The highest BCUT2D eigenvalue weighted by Gasteiger charge is 2.05. The number of amides is 1. The van der Waals surface area contributed by atoms with Crippen molar-refractivity contribution < 1.29 is 4.79 Å². The average Bonchev–Trinajstić information content (AvgIpc) is 2.43. The van der Waals surface area contributed by atoms with E-state index < -0.39 is 0 Å². The molecule has 0 bridgehead atoms. The maximum Gasteiger partial charge on any atom is 0.243 e. The third kappa shape index (κ3) is 4.08. The number of anilines is 2. The van der Waals surface area contributed by atoms with Crippen molar-refractivity contribution >= 4 is 49.1 Å². The second kappa shape index (κ2) is 6.90. The molecule has 1 amide bonds. The van der Waals surface area contributed by atoms with Gasteiger partial charge in [0.05, 0.1) is 6.54 Å². The maximum absolute atomic E-state index is 11.9. The van der Waals surface area contributed by atoms with Crippen molar-refractivity contribution in [3.8, 4) is 0 Å². The van der Waals surface area contributed by atoms with E-state index in [9.17, 15) is 4.79 Å². The maximum atomic E-state index is 11.9. The molecule has 20 heavy (non-hydrogen) atoms. The van der Waals surface area contributed by atoms with E-state index in [1.54, 1.807) is 0 Å². The van der Waals surface area contributed by atoms with Crippen molar-refractivity contribution in [1.82, 2.24) is 0 Å². The van der Waals surface area contributed by atoms with Crippen LogP contribution in [0.4, 0.5) is 11.4 Å². The van der Waals surface area contributed by atoms with Crippen molar-refractivity contribution in [2.24, 2.45) is 0 Å². The molecule has 2 rings (SSSR count). The molecule has 0 spiro atoms. The Morgan fingerprint density at radius 2 is 1.80 bits per heavy atom. The van der Waals surface area contributed by atoms with E-state index in [-0.39, 0.29) is 12.5 Å². The van der Waals surface area contributed by atoms with Crippen LogP contribution in [0.3, 0.4) is 0 Å². The summed E-state index contributed by atoms with van der Waals surface area (Å²) in [6.45, 7) is 2.23. The third-order valence-electron chi connectivity index (χ3n) is 2.84. The number of hydrogen-bond donors (Lipinski definition) is 2. The van der Waals surface area contributed by atoms with Gasteiger partial charge < -0.3 is 10.6 Å². The molecule has 0 aliphatic carbocycles. The van der Waals surface area contributed by atoms with Gasteiger partial charge in [-0.1, -0.05) is 37.9 Å². The van der Waals surface area contributed by atoms with Crippen LogP contribution >= 0.6 is 31.9 Å². The van der Waals surface area contributed by atoms with Gasteiger partial charge in [0.2, 0.25) is 5.91 Å². The fourth-order valence-corrected chi connectivity index (χ4v) is 2.34. The summed E-state index contributed by atoms with van der Waals surface area (Å²) in [5, 5.41) is 5.97. The zero-order valence-electron chi connectivity index (χ0n) is 10.9. The number of rotatable bonds is 4. The molecule has 0 aromatic heterocycles. The van der Waals surface area contributed by atoms with Gasteiger partial charge in [-0.15, -0.1) is 0 Å². The molecule has 0 aliphatic rings. The van der Waals surface area contributed by atoms with Gasteiger partial charge in [-0.25, -0.2) is 0 Å². The number of nitrogens with one attached hydrogen (secondary N) is 2. The molecule has 2 N–H and O–H groups in total. The van der Waals surface area contributed by atoms with Crippen molar-refractivity contribution in [2.45, 2.75) is 6.92 Å². The van der Waals surface area contributed by atoms with Crippen LogP contribution in [0.2, 0.25) is 0 Å². The van der Waals surface area contributed by atoms with Gasteiger partial charge in [-0.05, 0) is 48.9 Å². The summed E-state index contributed by atoms with van der Waals surface area (Å²) in [6.07, 6.45) is 0. The first-order valence-corrected chi connectivity index (χ1v) is 7.69. The number of carbonyl (C=O) groups is 1. The van der Waals surface area contributed by atoms with Gasteiger partial charge >= 0.3 is 0 Å². The smallest absolute Gasteiger partial charge is 0.243 e. The first-order chi connectivity index (χ1) is 9.56. The standard InChI is InChI=1S/C15H14Br2N2O/c1-10-13(17)3-2-4-14(10)18-9-15(20)19-12-7-5-11(16)6-8-12/h2-8,18H,9H2,1H3,(H,19,20). The predicted octanol–water partition coefficient (Wildman–Crippen LogP) is 4.57. The van der Waals surface area contributed by atoms with E-state index in [4.69, 9.17) is 0 Å². The largest absolute Gasteiger partial charge is 0.376 e. The van der Waals surface area contributed by atoms with Crippen LogP contribution in [0.1, 0.15) is 5.56 Å². The highest BCUT2D eigenvalue weighted by molar-refractivity contribution is 9.10. The SMILES string of the molecule is Cc1c(Br)cccc1NCC(=O)Nc1ccc(Br)cc1. The summed E-state index contributed by atoms with van der Waals surface area (Å²) in [7, 11) is 0. The second-order valence-electron chi connectivity index (χ2n) is 4.32. The molecule has 2 aromatic carbocycles. The lowest BCUT2D eigenvalue weighted by molar-refractivity contribution is -0.114. The van der Waals surface area contributed by atoms with Crippen molar-refractivity contribution in [3.63, 3.8) is 0 Å². The Labute approximate surface area is 135 Å². The Morgan fingerprint density at radius 1 is 1.10 bits per heavy atom. The highest BCUT2D eigenvalue weighted by atomic mass is 79.9. The molecule has 3 nitrogen and oxygen atoms in total. The van der Waals surface area contributed by atoms with Crippen LogP contribution in [0.5, 0.6) is 0 Å². The lowest BCUT2D eigenvalue weighted by Gasteiger charge is -2.11. The van der Waals surface area contributed by atoms with Crippen LogP contribution in [0, 0.1) is 6.92 Å². The van der Waals surface area contributed by atoms with E-state index in [2.05, 4.69) is 42.5 Å². The summed E-state index contributed by atoms with van der Waals surface area (Å²) in [5.41, 5.74) is 2.82. The van der Waals surface area contributed by atoms with E-state index in [1.807, 2.05) is 49.4 Å². The zero-order chi connectivity index (χ0) is 14.5. The van der Waals surface area contributed by atoms with Crippen LogP contribution < -0.4 is 10.6 Å². The topological polar surface area (TPSA) is 41.1 Å². The Bertz CT molecular complexity index is 612. The summed E-state index contributed by atoms with van der Waals surface area (Å²) >= 11 is 6.83. The number of benzene rings is 2. The molecule has 0 atom stereocenters. The van der Waals surface area contributed by atoms with Gasteiger partial charge in [0.1, 0.15) is 0 Å². The number of halogens is 2. The first kappa shape index (κ1) is 15.1. The molecule has 0 heterocycles. The zero-order valence-corrected chi connectivity index (χ0v) is 14.1. The van der Waals surface area contributed by atoms with Gasteiger partial charge in [0, 0.05) is 20.3 Å². The van der Waals surface area contributed by atoms with E-state index >= 15 is 0 Å². The Kier molecular flexibility index (Phi) is 5.20. The van der Waals surface area contributed by atoms with Gasteiger partial charge in [0.25, 0.3) is 0 Å². The van der Waals surface area contributed by atoms with Gasteiger partial charge in [0.15, 0.2) is 0 Å². The molecule has 0 saturated heterocycles. The minimum absolute atomic E-state index is 0.0771. The molecule has 0 radical (unpaired) electrons. The first-order valence-electron chi connectivity index (χ1n) is 6.10. The number of hydrogen-bond acceptors (Lipinski definition) is 2. The summed E-state index contributed by atoms with van der Waals surface area (Å²) < 4.78 is 2.01. The molecular formula is C15H14Br2N2O. The monoisotopic (exact) mass is 396 g/mol. The predicted molar refractivity (Wildman–Crippen MR) is 90.1 cm³/mol. The van der Waals surface area contributed by atoms with Gasteiger partial charge in [-0.2, -0.15) is 0 Å². The third-order valence-corrected chi connectivity index (χ3v) is 4.22. The Morgan fingerprint density at radius 3 is 2.50 bits per heavy atom. The molecule has 5 heteroatoms. The van der Waals surface area contributed by atoms with E-state index in [0.29, 0.717) is 0 Å². The van der Waals surface area contributed by atoms with Crippen LogP contribution in [0.15, 0.2) is 51.4 Å². The molecule has 104 valence electrons. The molecular weight excluding hydrogens is 384 g/mol. The molecule has 0 unspecified atom stereocenters. The Hall–Kier alpha value is -1.33. The fourth-order valence-electron chi connectivity index (χ4n) is 1.71. The van der Waals surface area contributed by atoms with Crippen LogP contribution in [0.25, 0.3) is 0 Å².